The summed E-state index contributed by atoms with van der Waals surface area (Å²) in [5.74, 6) is 0.546. The molecule has 0 bridgehead atoms. The summed E-state index contributed by atoms with van der Waals surface area (Å²) < 4.78 is 11.3. The molecule has 2 rings (SSSR count). The Hall–Kier alpha value is -1.59. The van der Waals surface area contributed by atoms with E-state index in [0.29, 0.717) is 24.5 Å². The van der Waals surface area contributed by atoms with Gasteiger partial charge in [0.2, 0.25) is 0 Å². The third-order valence-corrected chi connectivity index (χ3v) is 3.65. The Morgan fingerprint density at radius 2 is 2.23 bits per heavy atom. The van der Waals surface area contributed by atoms with Crippen molar-refractivity contribution in [3.63, 3.8) is 0 Å². The molecule has 1 atom stereocenters. The predicted molar refractivity (Wildman–Crippen MR) is 86.4 cm³/mol. The van der Waals surface area contributed by atoms with Gasteiger partial charge >= 0.3 is 0 Å². The van der Waals surface area contributed by atoms with Crippen LogP contribution in [0.1, 0.15) is 29.6 Å². The number of benzene rings is 1. The number of carbonyl (C=O) groups is 1. The maximum Gasteiger partial charge on any atom is 0.255 e. The highest BCUT2D eigenvalue weighted by Gasteiger charge is 2.18. The Balaban J connectivity index is 1.84. The summed E-state index contributed by atoms with van der Waals surface area (Å²) in [6, 6.07) is 7.37. The van der Waals surface area contributed by atoms with Crippen molar-refractivity contribution in [1.29, 1.82) is 0 Å². The number of ether oxygens (including phenoxy) is 2. The van der Waals surface area contributed by atoms with Gasteiger partial charge < -0.3 is 19.7 Å². The molecule has 1 aliphatic rings. The Kier molecular flexibility index (Phi) is 6.68. The summed E-state index contributed by atoms with van der Waals surface area (Å²) in [6.07, 6.45) is 3.19. The average Bonchev–Trinajstić information content (AvgIpc) is 3.03. The molecule has 122 valence electrons. The van der Waals surface area contributed by atoms with E-state index in [0.717, 1.165) is 32.4 Å². The van der Waals surface area contributed by atoms with Gasteiger partial charge in [-0.1, -0.05) is 12.1 Å². The zero-order valence-corrected chi connectivity index (χ0v) is 13.5. The Morgan fingerprint density at radius 3 is 2.95 bits per heavy atom. The van der Waals surface area contributed by atoms with E-state index in [2.05, 4.69) is 10.2 Å². The van der Waals surface area contributed by atoms with E-state index in [4.69, 9.17) is 9.47 Å². The summed E-state index contributed by atoms with van der Waals surface area (Å²) >= 11 is 0. The fourth-order valence-electron chi connectivity index (χ4n) is 2.43. The highest BCUT2D eigenvalue weighted by molar-refractivity contribution is 5.96. The molecule has 1 unspecified atom stereocenters. The van der Waals surface area contributed by atoms with Gasteiger partial charge in [0.15, 0.2) is 0 Å². The number of carbonyl (C=O) groups excluding carboxylic acids is 1. The van der Waals surface area contributed by atoms with Crippen LogP contribution in [0.3, 0.4) is 0 Å². The van der Waals surface area contributed by atoms with E-state index in [-0.39, 0.29) is 12.0 Å². The molecule has 22 heavy (non-hydrogen) atoms. The molecule has 1 aliphatic heterocycles. The van der Waals surface area contributed by atoms with Crippen molar-refractivity contribution in [2.75, 3.05) is 40.4 Å². The van der Waals surface area contributed by atoms with Gasteiger partial charge in [-0.25, -0.2) is 0 Å². The third kappa shape index (κ3) is 5.31. The van der Waals surface area contributed by atoms with Crippen molar-refractivity contribution in [1.82, 2.24) is 10.2 Å². The van der Waals surface area contributed by atoms with Gasteiger partial charge in [-0.05, 0) is 52.0 Å². The molecule has 0 saturated carbocycles. The smallest absolute Gasteiger partial charge is 0.255 e. The first-order valence-corrected chi connectivity index (χ1v) is 7.93. The second-order valence-electron chi connectivity index (χ2n) is 5.85. The van der Waals surface area contributed by atoms with Crippen molar-refractivity contribution in [3.05, 3.63) is 29.8 Å². The Bertz CT molecular complexity index is 471. The van der Waals surface area contributed by atoms with Crippen LogP contribution in [-0.4, -0.2) is 57.3 Å². The summed E-state index contributed by atoms with van der Waals surface area (Å²) in [5.41, 5.74) is 0.588. The van der Waals surface area contributed by atoms with E-state index in [1.54, 1.807) is 6.07 Å². The van der Waals surface area contributed by atoms with Gasteiger partial charge in [-0.3, -0.25) is 4.79 Å². The van der Waals surface area contributed by atoms with Crippen LogP contribution in [0.5, 0.6) is 5.75 Å². The molecule has 1 heterocycles. The lowest BCUT2D eigenvalue weighted by Gasteiger charge is -2.15. The lowest BCUT2D eigenvalue weighted by molar-refractivity contribution is 0.0670. The van der Waals surface area contributed by atoms with Gasteiger partial charge in [-0.2, -0.15) is 0 Å². The van der Waals surface area contributed by atoms with Crippen molar-refractivity contribution in [3.8, 4) is 5.75 Å². The van der Waals surface area contributed by atoms with Crippen molar-refractivity contribution in [2.24, 2.45) is 0 Å². The lowest BCUT2D eigenvalue weighted by Crippen LogP contribution is -2.28. The molecular formula is C17H26N2O3. The number of hydrogen-bond acceptors (Lipinski definition) is 4. The molecule has 5 nitrogen and oxygen atoms in total. The molecule has 1 saturated heterocycles. The summed E-state index contributed by atoms with van der Waals surface area (Å²) in [6.45, 7) is 2.93. The number of nitrogens with one attached hydrogen (secondary N) is 1. The number of hydrogen-bond donors (Lipinski definition) is 1. The minimum absolute atomic E-state index is 0.0818. The highest BCUT2D eigenvalue weighted by Crippen LogP contribution is 2.20. The molecule has 0 aliphatic carbocycles. The van der Waals surface area contributed by atoms with Gasteiger partial charge in [0.05, 0.1) is 11.7 Å². The van der Waals surface area contributed by atoms with Crippen LogP contribution in [-0.2, 0) is 4.74 Å². The molecule has 5 heteroatoms. The Labute approximate surface area is 132 Å². The Morgan fingerprint density at radius 1 is 1.41 bits per heavy atom. The van der Waals surface area contributed by atoms with Crippen LogP contribution in [0.25, 0.3) is 0 Å². The molecule has 1 amide bonds. The maximum absolute atomic E-state index is 12.3. The zero-order valence-electron chi connectivity index (χ0n) is 13.5. The number of amides is 1. The second kappa shape index (κ2) is 8.76. The molecule has 0 radical (unpaired) electrons. The third-order valence-electron chi connectivity index (χ3n) is 3.65. The quantitative estimate of drug-likeness (QED) is 0.746. The topological polar surface area (TPSA) is 50.8 Å². The number of para-hydroxylation sites is 1. The predicted octanol–water partition coefficient (Wildman–Crippen LogP) is 1.93. The molecular weight excluding hydrogens is 280 g/mol. The summed E-state index contributed by atoms with van der Waals surface area (Å²) in [7, 11) is 4.05. The normalized spacial score (nSPS) is 17.7. The SMILES string of the molecule is CN(C)CCCNC(=O)c1ccccc1OCC1CCCO1. The van der Waals surface area contributed by atoms with Crippen molar-refractivity contribution in [2.45, 2.75) is 25.4 Å². The molecule has 0 aromatic heterocycles. The average molecular weight is 306 g/mol. The van der Waals surface area contributed by atoms with Crippen molar-refractivity contribution < 1.29 is 14.3 Å². The van der Waals surface area contributed by atoms with E-state index < -0.39 is 0 Å². The van der Waals surface area contributed by atoms with Crippen LogP contribution < -0.4 is 10.1 Å². The standard InChI is InChI=1S/C17H26N2O3/c1-19(2)11-6-10-18-17(20)15-8-3-4-9-16(15)22-13-14-7-5-12-21-14/h3-4,8-9,14H,5-7,10-13H2,1-2H3,(H,18,20). The van der Waals surface area contributed by atoms with Crippen LogP contribution in [0.2, 0.25) is 0 Å². The van der Waals surface area contributed by atoms with Crippen LogP contribution in [0.15, 0.2) is 24.3 Å². The number of rotatable bonds is 8. The van der Waals surface area contributed by atoms with Crippen LogP contribution >= 0.6 is 0 Å². The van der Waals surface area contributed by atoms with Crippen LogP contribution in [0, 0.1) is 0 Å². The minimum Gasteiger partial charge on any atom is -0.490 e. The van der Waals surface area contributed by atoms with Gasteiger partial charge in [0.25, 0.3) is 5.91 Å². The summed E-state index contributed by atoms with van der Waals surface area (Å²) in [4.78, 5) is 14.4. The minimum atomic E-state index is -0.0818. The highest BCUT2D eigenvalue weighted by atomic mass is 16.5. The van der Waals surface area contributed by atoms with E-state index >= 15 is 0 Å². The molecule has 1 aromatic rings. The zero-order chi connectivity index (χ0) is 15.8. The second-order valence-corrected chi connectivity index (χ2v) is 5.85. The molecule has 1 aromatic carbocycles. The van der Waals surface area contributed by atoms with Gasteiger partial charge in [0, 0.05) is 13.2 Å². The van der Waals surface area contributed by atoms with Crippen LogP contribution in [0.4, 0.5) is 0 Å². The van der Waals surface area contributed by atoms with Gasteiger partial charge in [-0.15, -0.1) is 0 Å². The monoisotopic (exact) mass is 306 g/mol. The lowest BCUT2D eigenvalue weighted by atomic mass is 10.2. The fraction of sp³-hybridized carbons (Fsp3) is 0.588. The van der Waals surface area contributed by atoms with E-state index in [1.165, 1.54) is 0 Å². The molecule has 1 fully saturated rings. The van der Waals surface area contributed by atoms with Gasteiger partial charge in [0.1, 0.15) is 12.4 Å². The molecule has 0 spiro atoms. The first-order chi connectivity index (χ1) is 10.7. The van der Waals surface area contributed by atoms with E-state index in [9.17, 15) is 4.79 Å². The van der Waals surface area contributed by atoms with E-state index in [1.807, 2.05) is 32.3 Å². The maximum atomic E-state index is 12.3. The largest absolute Gasteiger partial charge is 0.490 e. The summed E-state index contributed by atoms with van der Waals surface area (Å²) in [5, 5.41) is 2.95. The fourth-order valence-corrected chi connectivity index (χ4v) is 2.43. The first kappa shape index (κ1) is 16.8. The molecule has 1 N–H and O–H groups in total. The van der Waals surface area contributed by atoms with Crippen molar-refractivity contribution >= 4 is 5.91 Å². The first-order valence-electron chi connectivity index (χ1n) is 7.93. The number of nitrogens with zero attached hydrogens (tertiary/aromatic N) is 1.